The molecule has 1 aromatic rings. The molecule has 0 aliphatic carbocycles. The summed E-state index contributed by atoms with van der Waals surface area (Å²) < 4.78 is 0. The van der Waals surface area contributed by atoms with E-state index in [1.54, 1.807) is 0 Å². The number of hydrogen-bond acceptors (Lipinski definition) is 3. The molecule has 1 amide bonds. The highest BCUT2D eigenvalue weighted by Gasteiger charge is 2.12. The summed E-state index contributed by atoms with van der Waals surface area (Å²) in [5.74, 6) is 0.00961. The highest BCUT2D eigenvalue weighted by atomic mass is 35.5. The molecule has 0 saturated carbocycles. The SMILES string of the molecule is CCNC(=O)CN(C)c1cccc(Cl)c1CNC. The number of benzene rings is 1. The molecule has 0 heterocycles. The van der Waals surface area contributed by atoms with E-state index >= 15 is 0 Å². The monoisotopic (exact) mass is 269 g/mol. The summed E-state index contributed by atoms with van der Waals surface area (Å²) in [6.45, 7) is 3.55. The zero-order chi connectivity index (χ0) is 13.5. The number of amides is 1. The van der Waals surface area contributed by atoms with Gasteiger partial charge in [-0.2, -0.15) is 0 Å². The van der Waals surface area contributed by atoms with Gasteiger partial charge in [0.1, 0.15) is 0 Å². The van der Waals surface area contributed by atoms with Gasteiger partial charge in [-0.1, -0.05) is 17.7 Å². The van der Waals surface area contributed by atoms with E-state index in [0.29, 0.717) is 24.7 Å². The third-order valence-electron chi connectivity index (χ3n) is 2.61. The van der Waals surface area contributed by atoms with Crippen LogP contribution in [0.25, 0.3) is 0 Å². The second kappa shape index (κ2) is 7.24. The Morgan fingerprint density at radius 3 is 2.78 bits per heavy atom. The third kappa shape index (κ3) is 3.89. The lowest BCUT2D eigenvalue weighted by Gasteiger charge is -2.22. The lowest BCUT2D eigenvalue weighted by molar-refractivity contribution is -0.119. The first-order valence-corrected chi connectivity index (χ1v) is 6.37. The summed E-state index contributed by atoms with van der Waals surface area (Å²) in [7, 11) is 3.76. The number of carbonyl (C=O) groups excluding carboxylic acids is 1. The van der Waals surface area contributed by atoms with Crippen molar-refractivity contribution in [2.45, 2.75) is 13.5 Å². The molecule has 100 valence electrons. The van der Waals surface area contributed by atoms with Gasteiger partial charge in [-0.05, 0) is 26.1 Å². The molecule has 0 aliphatic heterocycles. The van der Waals surface area contributed by atoms with Gasteiger partial charge in [-0.3, -0.25) is 4.79 Å². The largest absolute Gasteiger partial charge is 0.365 e. The smallest absolute Gasteiger partial charge is 0.239 e. The maximum atomic E-state index is 11.6. The van der Waals surface area contributed by atoms with Crippen LogP contribution >= 0.6 is 11.6 Å². The van der Waals surface area contributed by atoms with Crippen LogP contribution in [-0.4, -0.2) is 33.1 Å². The van der Waals surface area contributed by atoms with E-state index in [1.807, 2.05) is 44.1 Å². The van der Waals surface area contributed by atoms with Crippen molar-refractivity contribution in [2.75, 3.05) is 32.1 Å². The predicted molar refractivity (Wildman–Crippen MR) is 76.2 cm³/mol. The standard InChI is InChI=1S/C13H20ClN3O/c1-4-16-13(18)9-17(3)12-7-5-6-11(14)10(12)8-15-2/h5-7,15H,4,8-9H2,1-3H3,(H,16,18). The van der Waals surface area contributed by atoms with Crippen LogP contribution in [0.3, 0.4) is 0 Å². The number of anilines is 1. The number of nitrogens with zero attached hydrogens (tertiary/aromatic N) is 1. The fourth-order valence-corrected chi connectivity index (χ4v) is 2.05. The topological polar surface area (TPSA) is 44.4 Å². The van der Waals surface area contributed by atoms with Crippen molar-refractivity contribution in [1.29, 1.82) is 0 Å². The zero-order valence-electron chi connectivity index (χ0n) is 11.1. The van der Waals surface area contributed by atoms with E-state index in [4.69, 9.17) is 11.6 Å². The Balaban J connectivity index is 2.87. The van der Waals surface area contributed by atoms with Crippen LogP contribution in [0.4, 0.5) is 5.69 Å². The summed E-state index contributed by atoms with van der Waals surface area (Å²) in [5.41, 5.74) is 1.98. The second-order valence-corrected chi connectivity index (χ2v) is 4.48. The summed E-state index contributed by atoms with van der Waals surface area (Å²) in [6.07, 6.45) is 0. The first-order valence-electron chi connectivity index (χ1n) is 6.00. The fraction of sp³-hybridized carbons (Fsp3) is 0.462. The first kappa shape index (κ1) is 14.8. The molecule has 4 nitrogen and oxygen atoms in total. The molecular weight excluding hydrogens is 250 g/mol. The Morgan fingerprint density at radius 2 is 2.17 bits per heavy atom. The van der Waals surface area contributed by atoms with Gasteiger partial charge in [-0.25, -0.2) is 0 Å². The van der Waals surface area contributed by atoms with Crippen molar-refractivity contribution in [1.82, 2.24) is 10.6 Å². The molecule has 2 N–H and O–H groups in total. The van der Waals surface area contributed by atoms with Crippen molar-refractivity contribution in [3.8, 4) is 0 Å². The van der Waals surface area contributed by atoms with Crippen LogP contribution in [0, 0.1) is 0 Å². The van der Waals surface area contributed by atoms with E-state index in [-0.39, 0.29) is 5.91 Å². The fourth-order valence-electron chi connectivity index (χ4n) is 1.81. The number of likely N-dealkylation sites (N-methyl/N-ethyl adjacent to an activating group) is 2. The Labute approximate surface area is 113 Å². The lowest BCUT2D eigenvalue weighted by atomic mass is 10.1. The van der Waals surface area contributed by atoms with Crippen LogP contribution in [0.1, 0.15) is 12.5 Å². The molecular formula is C13H20ClN3O. The second-order valence-electron chi connectivity index (χ2n) is 4.08. The van der Waals surface area contributed by atoms with Crippen LogP contribution in [0.2, 0.25) is 5.02 Å². The molecule has 0 unspecified atom stereocenters. The maximum absolute atomic E-state index is 11.6. The van der Waals surface area contributed by atoms with E-state index in [1.165, 1.54) is 0 Å². The third-order valence-corrected chi connectivity index (χ3v) is 2.97. The van der Waals surface area contributed by atoms with Crippen LogP contribution in [-0.2, 0) is 11.3 Å². The van der Waals surface area contributed by atoms with Crippen LogP contribution in [0.15, 0.2) is 18.2 Å². The van der Waals surface area contributed by atoms with Crippen molar-refractivity contribution in [3.05, 3.63) is 28.8 Å². The molecule has 18 heavy (non-hydrogen) atoms. The minimum absolute atomic E-state index is 0.00961. The number of carbonyl (C=O) groups is 1. The van der Waals surface area contributed by atoms with Gasteiger partial charge in [0.25, 0.3) is 0 Å². The van der Waals surface area contributed by atoms with E-state index in [0.717, 1.165) is 11.3 Å². The molecule has 1 rings (SSSR count). The molecule has 0 aliphatic rings. The highest BCUT2D eigenvalue weighted by Crippen LogP contribution is 2.26. The van der Waals surface area contributed by atoms with Crippen molar-refractivity contribution in [2.24, 2.45) is 0 Å². The molecule has 0 saturated heterocycles. The zero-order valence-corrected chi connectivity index (χ0v) is 11.8. The highest BCUT2D eigenvalue weighted by molar-refractivity contribution is 6.31. The summed E-state index contributed by atoms with van der Waals surface area (Å²) >= 11 is 6.18. The summed E-state index contributed by atoms with van der Waals surface area (Å²) in [5, 5.41) is 6.58. The average molecular weight is 270 g/mol. The molecule has 5 heteroatoms. The van der Waals surface area contributed by atoms with Gasteiger partial charge in [0.05, 0.1) is 6.54 Å². The maximum Gasteiger partial charge on any atom is 0.239 e. The Bertz CT molecular complexity index is 409. The molecule has 0 spiro atoms. The quantitative estimate of drug-likeness (QED) is 0.825. The van der Waals surface area contributed by atoms with Crippen LogP contribution in [0.5, 0.6) is 0 Å². The molecule has 0 bridgehead atoms. The minimum atomic E-state index is 0.00961. The molecule has 0 aromatic heterocycles. The molecule has 0 radical (unpaired) electrons. The lowest BCUT2D eigenvalue weighted by Crippen LogP contribution is -2.35. The van der Waals surface area contributed by atoms with Gasteiger partial charge >= 0.3 is 0 Å². The molecule has 0 fully saturated rings. The van der Waals surface area contributed by atoms with Crippen molar-refractivity contribution in [3.63, 3.8) is 0 Å². The normalized spacial score (nSPS) is 10.2. The van der Waals surface area contributed by atoms with E-state index in [9.17, 15) is 4.79 Å². The Kier molecular flexibility index (Phi) is 5.95. The average Bonchev–Trinajstić information content (AvgIpc) is 2.32. The number of halogens is 1. The predicted octanol–water partition coefficient (Wildman–Crippen LogP) is 1.63. The Morgan fingerprint density at radius 1 is 1.44 bits per heavy atom. The molecule has 1 aromatic carbocycles. The van der Waals surface area contributed by atoms with Crippen molar-refractivity contribution >= 4 is 23.2 Å². The number of rotatable bonds is 6. The Hall–Kier alpha value is -1.26. The van der Waals surface area contributed by atoms with Crippen molar-refractivity contribution < 1.29 is 4.79 Å². The van der Waals surface area contributed by atoms with Crippen LogP contribution < -0.4 is 15.5 Å². The minimum Gasteiger partial charge on any atom is -0.365 e. The van der Waals surface area contributed by atoms with Gasteiger partial charge in [-0.15, -0.1) is 0 Å². The number of hydrogen-bond donors (Lipinski definition) is 2. The van der Waals surface area contributed by atoms with Gasteiger partial charge in [0.15, 0.2) is 0 Å². The summed E-state index contributed by atoms with van der Waals surface area (Å²) in [6, 6.07) is 5.72. The molecule has 0 atom stereocenters. The number of nitrogens with one attached hydrogen (secondary N) is 2. The van der Waals surface area contributed by atoms with E-state index in [2.05, 4.69) is 10.6 Å². The first-order chi connectivity index (χ1) is 8.60. The van der Waals surface area contributed by atoms with Gasteiger partial charge < -0.3 is 15.5 Å². The van der Waals surface area contributed by atoms with Gasteiger partial charge in [0, 0.05) is 36.4 Å². The van der Waals surface area contributed by atoms with Gasteiger partial charge in [0.2, 0.25) is 5.91 Å². The van der Waals surface area contributed by atoms with E-state index < -0.39 is 0 Å². The summed E-state index contributed by atoms with van der Waals surface area (Å²) in [4.78, 5) is 13.5.